The summed E-state index contributed by atoms with van der Waals surface area (Å²) in [6.07, 6.45) is 2.05. The highest BCUT2D eigenvalue weighted by molar-refractivity contribution is 4.83. The van der Waals surface area contributed by atoms with E-state index >= 15 is 0 Å². The van der Waals surface area contributed by atoms with Crippen molar-refractivity contribution in [1.82, 2.24) is 0 Å². The molecule has 1 heterocycles. The Hall–Kier alpha value is -0.340. The Morgan fingerprint density at radius 2 is 2.50 bits per heavy atom. The van der Waals surface area contributed by atoms with Crippen LogP contribution in [0.4, 0.5) is 0 Å². The topological polar surface area (TPSA) is 29.5 Å². The summed E-state index contributed by atoms with van der Waals surface area (Å²) in [7, 11) is 0. The van der Waals surface area contributed by atoms with Gasteiger partial charge in [0.15, 0.2) is 6.29 Å². The van der Waals surface area contributed by atoms with Crippen LogP contribution in [0.2, 0.25) is 0 Å². The Balaban J connectivity index is 2.41. The lowest BCUT2D eigenvalue weighted by Gasteiger charge is -2.04. The van der Waals surface area contributed by atoms with Crippen molar-refractivity contribution >= 4 is 0 Å². The van der Waals surface area contributed by atoms with Gasteiger partial charge in [-0.3, -0.25) is 0 Å². The van der Waals surface area contributed by atoms with Crippen molar-refractivity contribution in [2.24, 2.45) is 5.92 Å². The maximum absolute atomic E-state index is 8.90. The average Bonchev–Trinajstić information content (AvgIpc) is 2.14. The standard InChI is InChI=1S/C6H10O2/c1-2-5-3-4-8-6(5)7/h2,5-7H,1,3-4H2. The third kappa shape index (κ3) is 0.904. The number of rotatable bonds is 1. The molecule has 0 aromatic carbocycles. The molecule has 0 bridgehead atoms. The van der Waals surface area contributed by atoms with E-state index in [2.05, 4.69) is 6.58 Å². The summed E-state index contributed by atoms with van der Waals surface area (Å²) in [5.74, 6) is 0.162. The Morgan fingerprint density at radius 3 is 2.75 bits per heavy atom. The molecule has 1 fully saturated rings. The summed E-state index contributed by atoms with van der Waals surface area (Å²) in [4.78, 5) is 0. The average molecular weight is 114 g/mol. The van der Waals surface area contributed by atoms with Gasteiger partial charge in [0.1, 0.15) is 0 Å². The summed E-state index contributed by atoms with van der Waals surface area (Å²) in [6, 6.07) is 0. The lowest BCUT2D eigenvalue weighted by Crippen LogP contribution is -2.11. The van der Waals surface area contributed by atoms with Crippen molar-refractivity contribution < 1.29 is 9.84 Å². The summed E-state index contributed by atoms with van der Waals surface area (Å²) < 4.78 is 4.84. The van der Waals surface area contributed by atoms with Crippen LogP contribution in [0, 0.1) is 5.92 Å². The molecule has 0 spiro atoms. The number of aliphatic hydroxyl groups excluding tert-OH is 1. The normalized spacial score (nSPS) is 37.6. The summed E-state index contributed by atoms with van der Waals surface area (Å²) in [5.41, 5.74) is 0. The van der Waals surface area contributed by atoms with Gasteiger partial charge >= 0.3 is 0 Å². The van der Waals surface area contributed by atoms with E-state index in [9.17, 15) is 0 Å². The largest absolute Gasteiger partial charge is 0.367 e. The highest BCUT2D eigenvalue weighted by Crippen LogP contribution is 2.18. The fourth-order valence-corrected chi connectivity index (χ4v) is 0.825. The zero-order valence-electron chi connectivity index (χ0n) is 4.71. The molecule has 0 amide bonds. The van der Waals surface area contributed by atoms with Crippen LogP contribution in [0.3, 0.4) is 0 Å². The lowest BCUT2D eigenvalue weighted by molar-refractivity contribution is -0.0734. The molecule has 0 aromatic heterocycles. The second kappa shape index (κ2) is 2.29. The van der Waals surface area contributed by atoms with Gasteiger partial charge in [-0.2, -0.15) is 0 Å². The number of aliphatic hydroxyl groups is 1. The minimum absolute atomic E-state index is 0.162. The first kappa shape index (κ1) is 5.79. The first-order valence-electron chi connectivity index (χ1n) is 2.77. The van der Waals surface area contributed by atoms with Crippen molar-refractivity contribution in [2.75, 3.05) is 6.61 Å². The quantitative estimate of drug-likeness (QED) is 0.504. The van der Waals surface area contributed by atoms with Crippen molar-refractivity contribution in [3.63, 3.8) is 0 Å². The molecule has 1 aliphatic heterocycles. The molecule has 0 saturated carbocycles. The first-order chi connectivity index (χ1) is 3.84. The maximum atomic E-state index is 8.90. The molecule has 1 rings (SSSR count). The van der Waals surface area contributed by atoms with Crippen LogP contribution in [-0.4, -0.2) is 18.0 Å². The zero-order valence-corrected chi connectivity index (χ0v) is 4.71. The van der Waals surface area contributed by atoms with Crippen LogP contribution < -0.4 is 0 Å². The summed E-state index contributed by atoms with van der Waals surface area (Å²) in [6.45, 7) is 4.22. The summed E-state index contributed by atoms with van der Waals surface area (Å²) >= 11 is 0. The van der Waals surface area contributed by atoms with Gasteiger partial charge in [0.05, 0.1) is 6.61 Å². The fraction of sp³-hybridized carbons (Fsp3) is 0.667. The molecule has 2 nitrogen and oxygen atoms in total. The van der Waals surface area contributed by atoms with E-state index in [1.54, 1.807) is 6.08 Å². The van der Waals surface area contributed by atoms with Gasteiger partial charge in [-0.1, -0.05) is 6.08 Å². The van der Waals surface area contributed by atoms with Gasteiger partial charge in [-0.15, -0.1) is 6.58 Å². The molecule has 1 saturated heterocycles. The molecule has 1 aliphatic rings. The van der Waals surface area contributed by atoms with Gasteiger partial charge in [-0.05, 0) is 6.42 Å². The monoisotopic (exact) mass is 114 g/mol. The van der Waals surface area contributed by atoms with Crippen molar-refractivity contribution in [3.8, 4) is 0 Å². The van der Waals surface area contributed by atoms with Crippen molar-refractivity contribution in [2.45, 2.75) is 12.7 Å². The Bertz CT molecular complexity index is 90.5. The molecule has 0 radical (unpaired) electrons. The molecule has 8 heavy (non-hydrogen) atoms. The molecular formula is C6H10O2. The molecule has 2 atom stereocenters. The minimum atomic E-state index is -0.590. The van der Waals surface area contributed by atoms with Crippen LogP contribution in [0.25, 0.3) is 0 Å². The maximum Gasteiger partial charge on any atom is 0.160 e. The van der Waals surface area contributed by atoms with E-state index in [-0.39, 0.29) is 5.92 Å². The number of ether oxygens (including phenoxy) is 1. The van der Waals surface area contributed by atoms with E-state index in [1.165, 1.54) is 0 Å². The molecule has 1 N–H and O–H groups in total. The SMILES string of the molecule is C=CC1CCOC1O. The van der Waals surface area contributed by atoms with Gasteiger partial charge in [0.2, 0.25) is 0 Å². The molecule has 2 heteroatoms. The van der Waals surface area contributed by atoms with E-state index in [1.807, 2.05) is 0 Å². The molecule has 0 aliphatic carbocycles. The van der Waals surface area contributed by atoms with Crippen molar-refractivity contribution in [3.05, 3.63) is 12.7 Å². The van der Waals surface area contributed by atoms with E-state index in [0.29, 0.717) is 6.61 Å². The predicted octanol–water partition coefficient (Wildman–Crippen LogP) is 0.527. The Labute approximate surface area is 48.8 Å². The number of hydrogen-bond donors (Lipinski definition) is 1. The molecular weight excluding hydrogens is 104 g/mol. The predicted molar refractivity (Wildman–Crippen MR) is 30.3 cm³/mol. The second-order valence-electron chi connectivity index (χ2n) is 1.95. The van der Waals surface area contributed by atoms with Crippen LogP contribution in [0.15, 0.2) is 12.7 Å². The van der Waals surface area contributed by atoms with Crippen LogP contribution in [0.1, 0.15) is 6.42 Å². The van der Waals surface area contributed by atoms with E-state index < -0.39 is 6.29 Å². The molecule has 2 unspecified atom stereocenters. The lowest BCUT2D eigenvalue weighted by atomic mass is 10.1. The highest BCUT2D eigenvalue weighted by atomic mass is 16.6. The molecule has 46 valence electrons. The van der Waals surface area contributed by atoms with Crippen LogP contribution in [-0.2, 0) is 4.74 Å². The third-order valence-electron chi connectivity index (χ3n) is 1.41. The van der Waals surface area contributed by atoms with E-state index in [4.69, 9.17) is 9.84 Å². The van der Waals surface area contributed by atoms with E-state index in [0.717, 1.165) is 6.42 Å². The highest BCUT2D eigenvalue weighted by Gasteiger charge is 2.22. The second-order valence-corrected chi connectivity index (χ2v) is 1.95. The number of hydrogen-bond acceptors (Lipinski definition) is 2. The van der Waals surface area contributed by atoms with Gasteiger partial charge in [0.25, 0.3) is 0 Å². The van der Waals surface area contributed by atoms with Crippen molar-refractivity contribution in [1.29, 1.82) is 0 Å². The first-order valence-corrected chi connectivity index (χ1v) is 2.77. The van der Waals surface area contributed by atoms with Crippen LogP contribution >= 0.6 is 0 Å². The minimum Gasteiger partial charge on any atom is -0.367 e. The summed E-state index contributed by atoms with van der Waals surface area (Å²) in [5, 5.41) is 8.90. The van der Waals surface area contributed by atoms with Gasteiger partial charge in [0, 0.05) is 5.92 Å². The third-order valence-corrected chi connectivity index (χ3v) is 1.41. The smallest absolute Gasteiger partial charge is 0.160 e. The Morgan fingerprint density at radius 1 is 1.75 bits per heavy atom. The van der Waals surface area contributed by atoms with Gasteiger partial charge in [-0.25, -0.2) is 0 Å². The zero-order chi connectivity index (χ0) is 5.98. The fourth-order valence-electron chi connectivity index (χ4n) is 0.825. The molecule has 0 aromatic rings. The van der Waals surface area contributed by atoms with Crippen LogP contribution in [0.5, 0.6) is 0 Å². The van der Waals surface area contributed by atoms with Gasteiger partial charge < -0.3 is 9.84 Å². The Kier molecular flexibility index (Phi) is 1.65.